The summed E-state index contributed by atoms with van der Waals surface area (Å²) in [6.45, 7) is 1.59. The molecule has 0 saturated heterocycles. The second-order valence-electron chi connectivity index (χ2n) is 4.07. The molecule has 0 bridgehead atoms. The first kappa shape index (κ1) is 19.9. The van der Waals surface area contributed by atoms with Crippen molar-refractivity contribution in [1.82, 2.24) is 5.32 Å². The third-order valence-corrected chi connectivity index (χ3v) is 3.76. The predicted octanol–water partition coefficient (Wildman–Crippen LogP) is 1.51. The molecule has 118 valence electrons. The number of benzene rings is 1. The lowest BCUT2D eigenvalue weighted by atomic mass is 10.0. The molecule has 1 aromatic rings. The van der Waals surface area contributed by atoms with E-state index in [0.29, 0.717) is 11.3 Å². The molecule has 0 radical (unpaired) electrons. The third-order valence-electron chi connectivity index (χ3n) is 2.76. The van der Waals surface area contributed by atoms with Gasteiger partial charge in [0.2, 0.25) is 0 Å². The molecule has 0 fully saturated rings. The molecule has 2 rings (SSSR count). The van der Waals surface area contributed by atoms with Crippen LogP contribution in [0.1, 0.15) is 17.2 Å². The van der Waals surface area contributed by atoms with E-state index in [2.05, 4.69) is 10.3 Å². The van der Waals surface area contributed by atoms with Crippen molar-refractivity contribution in [3.8, 4) is 5.75 Å². The summed E-state index contributed by atoms with van der Waals surface area (Å²) in [6, 6.07) is 3.74. The minimum Gasteiger partial charge on any atom is -0.507 e. The highest BCUT2D eigenvalue weighted by Crippen LogP contribution is 2.30. The molecule has 0 spiro atoms. The largest absolute Gasteiger partial charge is 0.507 e. The van der Waals surface area contributed by atoms with E-state index in [4.69, 9.17) is 10.8 Å². The van der Waals surface area contributed by atoms with Crippen molar-refractivity contribution in [2.24, 2.45) is 10.7 Å². The summed E-state index contributed by atoms with van der Waals surface area (Å²) in [5.41, 5.74) is 6.40. The van der Waals surface area contributed by atoms with Crippen LogP contribution in [0.4, 0.5) is 0 Å². The zero-order valence-corrected chi connectivity index (χ0v) is 13.4. The molecule has 5 N–H and O–H groups in total. The van der Waals surface area contributed by atoms with Crippen molar-refractivity contribution < 1.29 is 15.0 Å². The molecule has 1 aliphatic heterocycles. The van der Waals surface area contributed by atoms with Crippen LogP contribution in [-0.2, 0) is 10.5 Å². The number of nitrogens with two attached hydrogens (primary N) is 1. The molecule has 1 aliphatic rings. The van der Waals surface area contributed by atoms with Crippen LogP contribution in [0.5, 0.6) is 5.75 Å². The van der Waals surface area contributed by atoms with Crippen molar-refractivity contribution in [3.05, 3.63) is 29.3 Å². The summed E-state index contributed by atoms with van der Waals surface area (Å²) >= 11 is 1.47. The molecule has 1 unspecified atom stereocenters. The first-order chi connectivity index (χ1) is 9.09. The van der Waals surface area contributed by atoms with E-state index in [1.165, 1.54) is 17.8 Å². The van der Waals surface area contributed by atoms with Crippen LogP contribution in [0.3, 0.4) is 0 Å². The fourth-order valence-corrected chi connectivity index (χ4v) is 2.64. The molecule has 1 atom stereocenters. The molecule has 0 aliphatic carbocycles. The number of amidine groups is 1. The second-order valence-corrected chi connectivity index (χ2v) is 5.04. The SMILES string of the molecule is Cl.Cl.NC(C(=O)O)c1cccc(CSC2=NCCN2)c1O. The average molecular weight is 354 g/mol. The van der Waals surface area contributed by atoms with E-state index in [-0.39, 0.29) is 36.1 Å². The summed E-state index contributed by atoms with van der Waals surface area (Å²) in [5, 5.41) is 22.9. The number of hydrogen-bond acceptors (Lipinski definition) is 6. The number of carboxylic acids is 1. The molecule has 0 saturated carbocycles. The van der Waals surface area contributed by atoms with Crippen LogP contribution in [0.25, 0.3) is 0 Å². The molecule has 1 heterocycles. The quantitative estimate of drug-likeness (QED) is 0.653. The van der Waals surface area contributed by atoms with Gasteiger partial charge in [-0.05, 0) is 0 Å². The standard InChI is InChI=1S/C12H15N3O3S.2ClH/c13-9(11(17)18)8-3-1-2-7(10(8)16)6-19-12-14-4-5-15-12;;/h1-3,9,16H,4-6,13H2,(H,14,15)(H,17,18);2*1H. The summed E-state index contributed by atoms with van der Waals surface area (Å²) in [5.74, 6) is -0.705. The maximum atomic E-state index is 10.9. The molecular weight excluding hydrogens is 337 g/mol. The number of para-hydroxylation sites is 1. The van der Waals surface area contributed by atoms with Crippen LogP contribution in [0.2, 0.25) is 0 Å². The van der Waals surface area contributed by atoms with Crippen molar-refractivity contribution in [2.75, 3.05) is 13.1 Å². The fraction of sp³-hybridized carbons (Fsp3) is 0.333. The summed E-state index contributed by atoms with van der Waals surface area (Å²) in [6.07, 6.45) is 0. The molecule has 21 heavy (non-hydrogen) atoms. The van der Waals surface area contributed by atoms with E-state index in [1.54, 1.807) is 12.1 Å². The Labute approximate surface area is 139 Å². The van der Waals surface area contributed by atoms with Gasteiger partial charge in [0, 0.05) is 23.4 Å². The monoisotopic (exact) mass is 353 g/mol. The predicted molar refractivity (Wildman–Crippen MR) is 88.8 cm³/mol. The van der Waals surface area contributed by atoms with E-state index in [0.717, 1.165) is 18.3 Å². The molecule has 0 amide bonds. The maximum absolute atomic E-state index is 10.9. The van der Waals surface area contributed by atoms with Crippen molar-refractivity contribution in [2.45, 2.75) is 11.8 Å². The average Bonchev–Trinajstić information content (AvgIpc) is 2.90. The number of nitrogens with zero attached hydrogens (tertiary/aromatic N) is 1. The Kier molecular flexibility index (Phi) is 8.50. The van der Waals surface area contributed by atoms with E-state index < -0.39 is 12.0 Å². The van der Waals surface area contributed by atoms with Gasteiger partial charge in [-0.15, -0.1) is 24.8 Å². The van der Waals surface area contributed by atoms with Crippen LogP contribution < -0.4 is 11.1 Å². The number of halogens is 2. The van der Waals surface area contributed by atoms with Gasteiger partial charge >= 0.3 is 5.97 Å². The Morgan fingerprint density at radius 1 is 1.48 bits per heavy atom. The third kappa shape index (κ3) is 4.96. The number of carboxylic acid groups (broad SMARTS) is 1. The molecule has 0 aromatic heterocycles. The number of phenols is 1. The number of rotatable bonds is 4. The van der Waals surface area contributed by atoms with E-state index in [1.807, 2.05) is 0 Å². The Morgan fingerprint density at radius 3 is 2.76 bits per heavy atom. The minimum atomic E-state index is -1.22. The normalized spacial score (nSPS) is 14.2. The number of aromatic hydroxyl groups is 1. The van der Waals surface area contributed by atoms with Crippen LogP contribution in [0, 0.1) is 0 Å². The number of carbonyl (C=O) groups is 1. The Bertz CT molecular complexity index is 528. The smallest absolute Gasteiger partial charge is 0.325 e. The van der Waals surface area contributed by atoms with Crippen molar-refractivity contribution in [3.63, 3.8) is 0 Å². The fourth-order valence-electron chi connectivity index (χ4n) is 1.73. The van der Waals surface area contributed by atoms with Crippen LogP contribution in [0.15, 0.2) is 23.2 Å². The topological polar surface area (TPSA) is 108 Å². The van der Waals surface area contributed by atoms with Gasteiger partial charge in [0.1, 0.15) is 11.8 Å². The lowest BCUT2D eigenvalue weighted by molar-refractivity contribution is -0.138. The van der Waals surface area contributed by atoms with Crippen molar-refractivity contribution >= 4 is 47.7 Å². The van der Waals surface area contributed by atoms with Gasteiger partial charge in [-0.3, -0.25) is 9.79 Å². The Balaban J connectivity index is 0.00000200. The number of aliphatic carboxylic acids is 1. The van der Waals surface area contributed by atoms with Crippen LogP contribution >= 0.6 is 36.6 Å². The minimum absolute atomic E-state index is 0. The zero-order chi connectivity index (χ0) is 13.8. The summed E-state index contributed by atoms with van der Waals surface area (Å²) in [4.78, 5) is 15.1. The highest BCUT2D eigenvalue weighted by atomic mass is 35.5. The van der Waals surface area contributed by atoms with Gasteiger partial charge in [-0.25, -0.2) is 0 Å². The molecule has 9 heteroatoms. The van der Waals surface area contributed by atoms with Gasteiger partial charge in [0.05, 0.1) is 6.54 Å². The molecular formula is C12H17Cl2N3O3S. The lowest BCUT2D eigenvalue weighted by Gasteiger charge is -2.12. The number of aliphatic imine (C=N–C) groups is 1. The first-order valence-corrected chi connectivity index (χ1v) is 6.78. The molecule has 1 aromatic carbocycles. The highest BCUT2D eigenvalue weighted by molar-refractivity contribution is 8.13. The summed E-state index contributed by atoms with van der Waals surface area (Å²) in [7, 11) is 0. The number of thioether (sulfide) groups is 1. The van der Waals surface area contributed by atoms with Gasteiger partial charge < -0.3 is 21.3 Å². The van der Waals surface area contributed by atoms with Crippen molar-refractivity contribution in [1.29, 1.82) is 0 Å². The van der Waals surface area contributed by atoms with Gasteiger partial charge in [-0.2, -0.15) is 0 Å². The molecule has 6 nitrogen and oxygen atoms in total. The maximum Gasteiger partial charge on any atom is 0.325 e. The number of nitrogens with one attached hydrogen (secondary N) is 1. The number of hydrogen-bond donors (Lipinski definition) is 4. The Morgan fingerprint density at radius 2 is 2.19 bits per heavy atom. The first-order valence-electron chi connectivity index (χ1n) is 5.80. The van der Waals surface area contributed by atoms with E-state index in [9.17, 15) is 9.90 Å². The zero-order valence-electron chi connectivity index (χ0n) is 11.0. The second kappa shape index (κ2) is 8.99. The highest BCUT2D eigenvalue weighted by Gasteiger charge is 2.20. The summed E-state index contributed by atoms with van der Waals surface area (Å²) < 4.78 is 0. The Hall–Kier alpha value is -1.15. The van der Waals surface area contributed by atoms with Gasteiger partial charge in [0.25, 0.3) is 0 Å². The van der Waals surface area contributed by atoms with E-state index >= 15 is 0 Å². The number of phenolic OH excluding ortho intramolecular Hbond substituents is 1. The van der Waals surface area contributed by atoms with Crippen LogP contribution in [-0.4, -0.2) is 34.4 Å². The van der Waals surface area contributed by atoms with Gasteiger partial charge in [-0.1, -0.05) is 30.0 Å². The lowest BCUT2D eigenvalue weighted by Crippen LogP contribution is -2.21. The van der Waals surface area contributed by atoms with Gasteiger partial charge in [0.15, 0.2) is 5.17 Å².